The molecule has 0 amide bonds. The van der Waals surface area contributed by atoms with Crippen molar-refractivity contribution in [3.63, 3.8) is 0 Å². The maximum Gasteiger partial charge on any atom is 0.331 e. The number of hydrogen-bond acceptors (Lipinski definition) is 5. The van der Waals surface area contributed by atoms with Gasteiger partial charge in [-0.25, -0.2) is 4.79 Å². The van der Waals surface area contributed by atoms with Crippen LogP contribution in [0.5, 0.6) is 5.88 Å². The van der Waals surface area contributed by atoms with Crippen molar-refractivity contribution in [3.05, 3.63) is 92.6 Å². The van der Waals surface area contributed by atoms with Gasteiger partial charge in [-0.2, -0.15) is 5.10 Å². The molecule has 0 saturated heterocycles. The average molecular weight is 409 g/mol. The van der Waals surface area contributed by atoms with E-state index < -0.39 is 17.1 Å². The van der Waals surface area contributed by atoms with Crippen LogP contribution >= 0.6 is 12.2 Å². The van der Waals surface area contributed by atoms with Crippen LogP contribution in [0.25, 0.3) is 0 Å². The highest BCUT2D eigenvalue weighted by atomic mass is 32.1. The van der Waals surface area contributed by atoms with Crippen molar-refractivity contribution in [3.8, 4) is 5.88 Å². The Morgan fingerprint density at radius 2 is 1.72 bits per heavy atom. The van der Waals surface area contributed by atoms with Crippen molar-refractivity contribution in [1.29, 1.82) is 0 Å². The Hall–Kier alpha value is -3.72. The zero-order valence-corrected chi connectivity index (χ0v) is 16.4. The minimum Gasteiger partial charge on any atom is -0.494 e. The lowest BCUT2D eigenvalue weighted by Gasteiger charge is -2.12. The third kappa shape index (κ3) is 4.96. The van der Waals surface area contributed by atoms with Gasteiger partial charge < -0.3 is 10.4 Å². The van der Waals surface area contributed by atoms with Crippen LogP contribution < -0.4 is 22.0 Å². The van der Waals surface area contributed by atoms with Gasteiger partial charge >= 0.3 is 5.69 Å². The number of aromatic nitrogens is 2. The molecule has 0 aliphatic rings. The number of nitrogens with one attached hydrogen (secondary N) is 3. The number of nitrogens with zero attached hydrogens (tertiary/aromatic N) is 2. The first kappa shape index (κ1) is 20.0. The molecule has 2 aromatic carbocycles. The summed E-state index contributed by atoms with van der Waals surface area (Å²) in [5, 5.41) is 17.8. The fourth-order valence-corrected chi connectivity index (χ4v) is 2.83. The molecule has 8 nitrogen and oxygen atoms in total. The molecular weight excluding hydrogens is 390 g/mol. The zero-order valence-electron chi connectivity index (χ0n) is 15.5. The van der Waals surface area contributed by atoms with Crippen molar-refractivity contribution >= 4 is 28.7 Å². The first-order valence-corrected chi connectivity index (χ1v) is 9.13. The SMILES string of the molecule is CC(=NNC(=S)Nc1ccccc1)c1c(O)n(Cc2ccccc2)c(=O)[nH]c1=O. The van der Waals surface area contributed by atoms with E-state index in [-0.39, 0.29) is 22.9 Å². The molecule has 4 N–H and O–H groups in total. The van der Waals surface area contributed by atoms with Gasteiger partial charge in [-0.15, -0.1) is 0 Å². The number of anilines is 1. The van der Waals surface area contributed by atoms with E-state index in [1.165, 1.54) is 6.92 Å². The van der Waals surface area contributed by atoms with Crippen LogP contribution in [0, 0.1) is 0 Å². The zero-order chi connectivity index (χ0) is 20.8. The maximum absolute atomic E-state index is 12.3. The Kier molecular flexibility index (Phi) is 6.20. The molecule has 148 valence electrons. The normalized spacial score (nSPS) is 11.1. The quantitative estimate of drug-likeness (QED) is 0.291. The van der Waals surface area contributed by atoms with E-state index in [1.807, 2.05) is 60.7 Å². The standard InChI is InChI=1S/C20H19N5O3S/c1-13(23-24-19(29)21-15-10-6-3-7-11-15)16-17(26)22-20(28)25(18(16)27)12-14-8-4-2-5-9-14/h2-11,27H,12H2,1H3,(H2,21,24,29)(H,22,26,28). The predicted octanol–water partition coefficient (Wildman–Crippen LogP) is 2.00. The maximum atomic E-state index is 12.3. The Bertz CT molecular complexity index is 1150. The molecule has 1 heterocycles. The second-order valence-electron chi connectivity index (χ2n) is 6.16. The molecule has 0 unspecified atom stereocenters. The van der Waals surface area contributed by atoms with Crippen molar-refractivity contribution in [1.82, 2.24) is 15.0 Å². The van der Waals surface area contributed by atoms with E-state index >= 15 is 0 Å². The van der Waals surface area contributed by atoms with Gasteiger partial charge in [-0.1, -0.05) is 48.5 Å². The molecular formula is C20H19N5O3S. The average Bonchev–Trinajstić information content (AvgIpc) is 2.71. The second-order valence-corrected chi connectivity index (χ2v) is 6.57. The fourth-order valence-electron chi connectivity index (χ4n) is 2.67. The third-order valence-corrected chi connectivity index (χ3v) is 4.27. The van der Waals surface area contributed by atoms with Gasteiger partial charge in [-0.3, -0.25) is 19.8 Å². The van der Waals surface area contributed by atoms with Crippen LogP contribution in [-0.4, -0.2) is 25.5 Å². The van der Waals surface area contributed by atoms with Gasteiger partial charge in [0, 0.05) is 5.69 Å². The molecule has 1 aromatic heterocycles. The molecule has 3 rings (SSSR count). The topological polar surface area (TPSA) is 112 Å². The molecule has 3 aromatic rings. The van der Waals surface area contributed by atoms with Crippen LogP contribution in [0.2, 0.25) is 0 Å². The lowest BCUT2D eigenvalue weighted by molar-refractivity contribution is 0.408. The van der Waals surface area contributed by atoms with Crippen LogP contribution in [0.1, 0.15) is 18.1 Å². The van der Waals surface area contributed by atoms with Gasteiger partial charge in [0.1, 0.15) is 5.56 Å². The third-order valence-electron chi connectivity index (χ3n) is 4.07. The number of aromatic amines is 1. The van der Waals surface area contributed by atoms with Crippen molar-refractivity contribution in [2.75, 3.05) is 5.32 Å². The molecule has 0 radical (unpaired) electrons. The number of aromatic hydroxyl groups is 1. The summed E-state index contributed by atoms with van der Waals surface area (Å²) in [6.07, 6.45) is 0. The summed E-state index contributed by atoms with van der Waals surface area (Å²) in [5.74, 6) is -0.465. The smallest absolute Gasteiger partial charge is 0.331 e. The van der Waals surface area contributed by atoms with Gasteiger partial charge in [0.2, 0.25) is 5.88 Å². The highest BCUT2D eigenvalue weighted by Gasteiger charge is 2.17. The number of hydrogen-bond donors (Lipinski definition) is 4. The van der Waals surface area contributed by atoms with Crippen molar-refractivity contribution in [2.24, 2.45) is 5.10 Å². The van der Waals surface area contributed by atoms with E-state index in [0.717, 1.165) is 15.8 Å². The van der Waals surface area contributed by atoms with Gasteiger partial charge in [0.25, 0.3) is 5.56 Å². The first-order valence-electron chi connectivity index (χ1n) is 8.72. The second kappa shape index (κ2) is 8.98. The van der Waals surface area contributed by atoms with Gasteiger partial charge in [-0.05, 0) is 36.8 Å². The predicted molar refractivity (Wildman–Crippen MR) is 117 cm³/mol. The summed E-state index contributed by atoms with van der Waals surface area (Å²) in [6.45, 7) is 1.63. The number of H-pyrrole nitrogens is 1. The molecule has 0 atom stereocenters. The van der Waals surface area contributed by atoms with Crippen LogP contribution in [0.4, 0.5) is 5.69 Å². The van der Waals surface area contributed by atoms with Gasteiger partial charge in [0.15, 0.2) is 5.11 Å². The van der Waals surface area contributed by atoms with Crippen LogP contribution in [0.15, 0.2) is 75.4 Å². The Morgan fingerprint density at radius 1 is 1.10 bits per heavy atom. The van der Waals surface area contributed by atoms with E-state index in [0.29, 0.717) is 0 Å². The van der Waals surface area contributed by atoms with Crippen LogP contribution in [0.3, 0.4) is 0 Å². The van der Waals surface area contributed by atoms with E-state index in [2.05, 4.69) is 20.8 Å². The van der Waals surface area contributed by atoms with Crippen molar-refractivity contribution in [2.45, 2.75) is 13.5 Å². The minimum absolute atomic E-state index is 0.101. The van der Waals surface area contributed by atoms with E-state index in [9.17, 15) is 14.7 Å². The van der Waals surface area contributed by atoms with Gasteiger partial charge in [0.05, 0.1) is 12.3 Å². The monoisotopic (exact) mass is 409 g/mol. The number of benzene rings is 2. The molecule has 0 aliphatic carbocycles. The Balaban J connectivity index is 1.84. The summed E-state index contributed by atoms with van der Waals surface area (Å²) < 4.78 is 1.08. The number of para-hydroxylation sites is 1. The van der Waals surface area contributed by atoms with Crippen molar-refractivity contribution < 1.29 is 5.11 Å². The van der Waals surface area contributed by atoms with E-state index in [1.54, 1.807) is 0 Å². The largest absolute Gasteiger partial charge is 0.494 e. The molecule has 0 fully saturated rings. The number of rotatable bonds is 5. The summed E-state index contributed by atoms with van der Waals surface area (Å²) in [6, 6.07) is 18.4. The summed E-state index contributed by atoms with van der Waals surface area (Å²) in [7, 11) is 0. The summed E-state index contributed by atoms with van der Waals surface area (Å²) >= 11 is 5.17. The summed E-state index contributed by atoms with van der Waals surface area (Å²) in [4.78, 5) is 26.6. The molecule has 0 aliphatic heterocycles. The first-order chi connectivity index (χ1) is 14.0. The van der Waals surface area contributed by atoms with Crippen LogP contribution in [-0.2, 0) is 6.54 Å². The molecule has 0 bridgehead atoms. The fraction of sp³-hybridized carbons (Fsp3) is 0.100. The van der Waals surface area contributed by atoms with E-state index in [4.69, 9.17) is 12.2 Å². The lowest BCUT2D eigenvalue weighted by Crippen LogP contribution is -2.34. The number of hydrazone groups is 1. The molecule has 0 saturated carbocycles. The highest BCUT2D eigenvalue weighted by Crippen LogP contribution is 2.13. The Morgan fingerprint density at radius 3 is 2.38 bits per heavy atom. The summed E-state index contributed by atoms with van der Waals surface area (Å²) in [5.41, 5.74) is 2.81. The number of thiocarbonyl (C=S) groups is 1. The molecule has 0 spiro atoms. The minimum atomic E-state index is -0.734. The molecule has 29 heavy (non-hydrogen) atoms. The highest BCUT2D eigenvalue weighted by molar-refractivity contribution is 7.80. The Labute approximate surface area is 171 Å². The lowest BCUT2D eigenvalue weighted by atomic mass is 10.2. The molecule has 9 heteroatoms.